The van der Waals surface area contributed by atoms with E-state index in [1.54, 1.807) is 23.9 Å². The molecule has 1 nitrogen and oxygen atoms in total. The monoisotopic (exact) mass is 267 g/mol. The smallest absolute Gasteiger partial charge is 0.136 e. The van der Waals surface area contributed by atoms with Crippen LogP contribution in [0.1, 0.15) is 33.1 Å². The van der Waals surface area contributed by atoms with Crippen LogP contribution in [0.2, 0.25) is 0 Å². The lowest BCUT2D eigenvalue weighted by Crippen LogP contribution is -2.42. The molecule has 0 radical (unpaired) electrons. The van der Waals surface area contributed by atoms with Crippen molar-refractivity contribution in [2.45, 2.75) is 49.3 Å². The van der Waals surface area contributed by atoms with Crippen molar-refractivity contribution in [2.24, 2.45) is 5.92 Å². The molecule has 0 spiro atoms. The predicted octanol–water partition coefficient (Wildman–Crippen LogP) is 4.08. The first kappa shape index (κ1) is 13.9. The SMILES string of the molecule is CCNC1CCC(C)CC1Sc1ccccc1F. The highest BCUT2D eigenvalue weighted by Crippen LogP contribution is 2.37. The van der Waals surface area contributed by atoms with E-state index in [1.165, 1.54) is 19.3 Å². The van der Waals surface area contributed by atoms with E-state index in [0.29, 0.717) is 11.3 Å². The zero-order chi connectivity index (χ0) is 13.0. The molecule has 0 saturated heterocycles. The summed E-state index contributed by atoms with van der Waals surface area (Å²) >= 11 is 1.71. The molecule has 1 aliphatic carbocycles. The maximum Gasteiger partial charge on any atom is 0.136 e. The van der Waals surface area contributed by atoms with Gasteiger partial charge in [0, 0.05) is 16.2 Å². The summed E-state index contributed by atoms with van der Waals surface area (Å²) in [5.41, 5.74) is 0. The first-order chi connectivity index (χ1) is 8.70. The minimum atomic E-state index is -0.0871. The van der Waals surface area contributed by atoms with Gasteiger partial charge < -0.3 is 5.32 Å². The summed E-state index contributed by atoms with van der Waals surface area (Å²) in [5, 5.41) is 4.04. The van der Waals surface area contributed by atoms with Crippen molar-refractivity contribution in [1.82, 2.24) is 5.32 Å². The van der Waals surface area contributed by atoms with Crippen LogP contribution in [0.15, 0.2) is 29.2 Å². The number of hydrogen-bond donors (Lipinski definition) is 1. The molecular formula is C15H22FNS. The molecule has 0 amide bonds. The topological polar surface area (TPSA) is 12.0 Å². The lowest BCUT2D eigenvalue weighted by molar-refractivity contribution is 0.320. The van der Waals surface area contributed by atoms with Crippen molar-refractivity contribution in [3.05, 3.63) is 30.1 Å². The van der Waals surface area contributed by atoms with Crippen molar-refractivity contribution >= 4 is 11.8 Å². The van der Waals surface area contributed by atoms with Crippen molar-refractivity contribution < 1.29 is 4.39 Å². The molecule has 3 atom stereocenters. The van der Waals surface area contributed by atoms with Crippen LogP contribution in [-0.2, 0) is 0 Å². The third-order valence-corrected chi connectivity index (χ3v) is 5.04. The van der Waals surface area contributed by atoms with Crippen LogP contribution in [-0.4, -0.2) is 17.8 Å². The first-order valence-corrected chi connectivity index (χ1v) is 7.73. The van der Waals surface area contributed by atoms with Gasteiger partial charge >= 0.3 is 0 Å². The normalized spacial score (nSPS) is 28.3. The molecule has 1 aliphatic rings. The Bertz CT molecular complexity index is 383. The summed E-state index contributed by atoms with van der Waals surface area (Å²) in [4.78, 5) is 0.791. The van der Waals surface area contributed by atoms with Crippen LogP contribution in [0, 0.1) is 11.7 Å². The molecule has 0 heterocycles. The molecule has 0 aliphatic heterocycles. The van der Waals surface area contributed by atoms with Gasteiger partial charge in [0.1, 0.15) is 5.82 Å². The van der Waals surface area contributed by atoms with E-state index in [9.17, 15) is 4.39 Å². The van der Waals surface area contributed by atoms with Crippen molar-refractivity contribution in [2.75, 3.05) is 6.54 Å². The van der Waals surface area contributed by atoms with E-state index in [1.807, 2.05) is 12.1 Å². The van der Waals surface area contributed by atoms with Crippen molar-refractivity contribution in [1.29, 1.82) is 0 Å². The Labute approximate surface area is 114 Å². The first-order valence-electron chi connectivity index (χ1n) is 6.85. The lowest BCUT2D eigenvalue weighted by Gasteiger charge is -2.35. The summed E-state index contributed by atoms with van der Waals surface area (Å²) in [5.74, 6) is 0.667. The van der Waals surface area contributed by atoms with Gasteiger partial charge in [-0.1, -0.05) is 26.0 Å². The molecule has 1 aromatic carbocycles. The highest BCUT2D eigenvalue weighted by atomic mass is 32.2. The van der Waals surface area contributed by atoms with Crippen LogP contribution >= 0.6 is 11.8 Å². The van der Waals surface area contributed by atoms with E-state index in [0.717, 1.165) is 17.4 Å². The average molecular weight is 267 g/mol. The van der Waals surface area contributed by atoms with Crippen LogP contribution in [0.4, 0.5) is 4.39 Å². The van der Waals surface area contributed by atoms with Gasteiger partial charge in [0.2, 0.25) is 0 Å². The lowest BCUT2D eigenvalue weighted by atomic mass is 9.87. The molecular weight excluding hydrogens is 245 g/mol. The second-order valence-corrected chi connectivity index (χ2v) is 6.45. The molecule has 0 aromatic heterocycles. The van der Waals surface area contributed by atoms with Gasteiger partial charge in [-0.3, -0.25) is 0 Å². The van der Waals surface area contributed by atoms with Crippen LogP contribution in [0.3, 0.4) is 0 Å². The second-order valence-electron chi connectivity index (χ2n) is 5.17. The highest BCUT2D eigenvalue weighted by molar-refractivity contribution is 8.00. The number of rotatable bonds is 4. The molecule has 1 fully saturated rings. The van der Waals surface area contributed by atoms with E-state index in [2.05, 4.69) is 19.2 Å². The zero-order valence-electron chi connectivity index (χ0n) is 11.2. The van der Waals surface area contributed by atoms with Gasteiger partial charge in [0.25, 0.3) is 0 Å². The standard InChI is InChI=1S/C15H22FNS/c1-3-17-13-9-8-11(2)10-15(13)18-14-7-5-4-6-12(14)16/h4-7,11,13,15,17H,3,8-10H2,1-2H3. The van der Waals surface area contributed by atoms with Gasteiger partial charge in [0.05, 0.1) is 0 Å². The Balaban J connectivity index is 2.06. The van der Waals surface area contributed by atoms with E-state index < -0.39 is 0 Å². The summed E-state index contributed by atoms with van der Waals surface area (Å²) in [6.07, 6.45) is 3.67. The van der Waals surface area contributed by atoms with Gasteiger partial charge in [-0.2, -0.15) is 0 Å². The van der Waals surface area contributed by atoms with Crippen molar-refractivity contribution in [3.8, 4) is 0 Å². The fourth-order valence-electron chi connectivity index (χ4n) is 2.66. The minimum absolute atomic E-state index is 0.0871. The molecule has 3 heteroatoms. The number of benzene rings is 1. The van der Waals surface area contributed by atoms with Gasteiger partial charge in [0.15, 0.2) is 0 Å². The minimum Gasteiger partial charge on any atom is -0.313 e. The van der Waals surface area contributed by atoms with Crippen LogP contribution in [0.5, 0.6) is 0 Å². The quantitative estimate of drug-likeness (QED) is 0.882. The Morgan fingerprint density at radius 2 is 2.11 bits per heavy atom. The maximum absolute atomic E-state index is 13.7. The van der Waals surface area contributed by atoms with E-state index >= 15 is 0 Å². The van der Waals surface area contributed by atoms with Crippen LogP contribution < -0.4 is 5.32 Å². The Morgan fingerprint density at radius 3 is 2.83 bits per heavy atom. The highest BCUT2D eigenvalue weighted by Gasteiger charge is 2.29. The Hall–Kier alpha value is -0.540. The van der Waals surface area contributed by atoms with Crippen molar-refractivity contribution in [3.63, 3.8) is 0 Å². The van der Waals surface area contributed by atoms with E-state index in [-0.39, 0.29) is 5.82 Å². The zero-order valence-corrected chi connectivity index (χ0v) is 12.0. The maximum atomic E-state index is 13.7. The summed E-state index contributed by atoms with van der Waals surface area (Å²) in [6, 6.07) is 7.64. The largest absolute Gasteiger partial charge is 0.313 e. The van der Waals surface area contributed by atoms with Crippen LogP contribution in [0.25, 0.3) is 0 Å². The third kappa shape index (κ3) is 3.48. The fraction of sp³-hybridized carbons (Fsp3) is 0.600. The molecule has 1 N–H and O–H groups in total. The van der Waals surface area contributed by atoms with Gasteiger partial charge in [-0.25, -0.2) is 4.39 Å². The third-order valence-electron chi connectivity index (χ3n) is 3.64. The van der Waals surface area contributed by atoms with Gasteiger partial charge in [-0.15, -0.1) is 11.8 Å². The fourth-order valence-corrected chi connectivity index (χ4v) is 4.14. The number of hydrogen-bond acceptors (Lipinski definition) is 2. The molecule has 2 rings (SSSR count). The number of nitrogens with one attached hydrogen (secondary N) is 1. The molecule has 3 unspecified atom stereocenters. The number of halogens is 1. The molecule has 100 valence electrons. The summed E-state index contributed by atoms with van der Waals surface area (Å²) in [6.45, 7) is 5.44. The van der Waals surface area contributed by atoms with E-state index in [4.69, 9.17) is 0 Å². The van der Waals surface area contributed by atoms with Gasteiger partial charge in [-0.05, 0) is 43.9 Å². The Kier molecular flexibility index (Phi) is 5.07. The average Bonchev–Trinajstić information content (AvgIpc) is 2.36. The summed E-state index contributed by atoms with van der Waals surface area (Å²) < 4.78 is 13.7. The second kappa shape index (κ2) is 6.58. The molecule has 1 saturated carbocycles. The molecule has 0 bridgehead atoms. The molecule has 18 heavy (non-hydrogen) atoms. The summed E-state index contributed by atoms with van der Waals surface area (Å²) in [7, 11) is 0. The molecule has 1 aromatic rings. The Morgan fingerprint density at radius 1 is 1.33 bits per heavy atom. The predicted molar refractivity (Wildman–Crippen MR) is 76.5 cm³/mol. The number of thioether (sulfide) groups is 1.